The van der Waals surface area contributed by atoms with Crippen molar-refractivity contribution >= 4 is 11.5 Å². The number of rotatable bonds is 3. The summed E-state index contributed by atoms with van der Waals surface area (Å²) in [5.41, 5.74) is 3.50. The second kappa shape index (κ2) is 7.67. The molecule has 0 heterocycles. The third-order valence-electron chi connectivity index (χ3n) is 10.0. The van der Waals surface area contributed by atoms with Gasteiger partial charge in [-0.3, -0.25) is 4.79 Å². The van der Waals surface area contributed by atoms with Crippen molar-refractivity contribution in [3.05, 3.63) is 35.9 Å². The van der Waals surface area contributed by atoms with E-state index < -0.39 is 0 Å². The van der Waals surface area contributed by atoms with Crippen LogP contribution in [0.2, 0.25) is 0 Å². The lowest BCUT2D eigenvalue weighted by Crippen LogP contribution is -2.53. The zero-order chi connectivity index (χ0) is 21.8. The molecule has 31 heavy (non-hydrogen) atoms. The van der Waals surface area contributed by atoms with E-state index in [1.165, 1.54) is 56.1 Å². The van der Waals surface area contributed by atoms with Gasteiger partial charge >= 0.3 is 5.97 Å². The second-order valence-electron chi connectivity index (χ2n) is 11.2. The second-order valence-corrected chi connectivity index (χ2v) is 11.2. The number of hydrogen-bond donors (Lipinski definition) is 0. The fraction of sp³-hybridized carbons (Fsp3) is 0.679. The fourth-order valence-corrected chi connectivity index (χ4v) is 8.27. The minimum atomic E-state index is -0.104. The first-order chi connectivity index (χ1) is 14.8. The van der Waals surface area contributed by atoms with E-state index in [1.54, 1.807) is 14.0 Å². The molecule has 3 heteroatoms. The molecule has 1 aromatic rings. The van der Waals surface area contributed by atoms with E-state index in [0.717, 1.165) is 35.8 Å². The van der Waals surface area contributed by atoms with Gasteiger partial charge in [0.05, 0.1) is 7.11 Å². The third kappa shape index (κ3) is 3.34. The van der Waals surface area contributed by atoms with Crippen molar-refractivity contribution in [2.45, 2.75) is 78.2 Å². The quantitative estimate of drug-likeness (QED) is 0.511. The Morgan fingerprint density at radius 3 is 2.42 bits per heavy atom. The van der Waals surface area contributed by atoms with Crippen LogP contribution in [-0.2, 0) is 9.53 Å². The molecule has 168 valence electrons. The molecule has 3 fully saturated rings. The maximum Gasteiger partial charge on any atom is 0.302 e. The standard InChI is InChI=1S/C28H38O3/c1-18(29)31-26-12-11-24-23-10-7-21-17-20(19-5-8-22(30-4)9-6-19)13-15-27(21,2)25(23)14-16-28(24,26)3/h5-6,8-9,13,21,23-26H,7,10-12,14-17H2,1-4H3/t21-,23?,24?,25?,26-,27-,28-/m0/s1. The number of carbonyl (C=O) groups excluding carboxylic acids is 1. The van der Waals surface area contributed by atoms with Crippen LogP contribution in [0, 0.1) is 34.5 Å². The maximum atomic E-state index is 11.7. The van der Waals surface area contributed by atoms with Gasteiger partial charge in [0.2, 0.25) is 0 Å². The maximum absolute atomic E-state index is 11.7. The summed E-state index contributed by atoms with van der Waals surface area (Å²) in [7, 11) is 1.73. The molecule has 7 atom stereocenters. The molecule has 0 spiro atoms. The first-order valence-corrected chi connectivity index (χ1v) is 12.4. The SMILES string of the molecule is COc1ccc(C2=CC[C@]3(C)C4CC[C@@]5(C)C(CC[C@@H]5OC(C)=O)C4CC[C@H]3C2)cc1. The summed E-state index contributed by atoms with van der Waals surface area (Å²) in [5, 5.41) is 0. The number of benzene rings is 1. The van der Waals surface area contributed by atoms with E-state index in [0.29, 0.717) is 5.41 Å². The fourth-order valence-electron chi connectivity index (χ4n) is 8.27. The highest BCUT2D eigenvalue weighted by Crippen LogP contribution is 2.66. The van der Waals surface area contributed by atoms with Gasteiger partial charge in [0.25, 0.3) is 0 Å². The Bertz CT molecular complexity index is 871. The molecule has 4 aliphatic carbocycles. The van der Waals surface area contributed by atoms with Crippen LogP contribution in [0.4, 0.5) is 0 Å². The van der Waals surface area contributed by atoms with Gasteiger partial charge < -0.3 is 9.47 Å². The van der Waals surface area contributed by atoms with Crippen LogP contribution in [-0.4, -0.2) is 19.2 Å². The Balaban J connectivity index is 1.36. The van der Waals surface area contributed by atoms with Crippen molar-refractivity contribution in [3.63, 3.8) is 0 Å². The van der Waals surface area contributed by atoms with E-state index in [1.807, 2.05) is 0 Å². The van der Waals surface area contributed by atoms with E-state index in [-0.39, 0.29) is 17.5 Å². The minimum Gasteiger partial charge on any atom is -0.497 e. The Labute approximate surface area is 187 Å². The Kier molecular flexibility index (Phi) is 5.22. The number of hydrogen-bond acceptors (Lipinski definition) is 3. The lowest BCUT2D eigenvalue weighted by atomic mass is 9.45. The zero-order valence-electron chi connectivity index (χ0n) is 19.7. The number of allylic oxidation sites excluding steroid dienone is 2. The molecule has 1 aromatic carbocycles. The van der Waals surface area contributed by atoms with Crippen LogP contribution in [0.1, 0.15) is 77.7 Å². The third-order valence-corrected chi connectivity index (χ3v) is 10.0. The molecule has 0 saturated heterocycles. The molecule has 0 aliphatic heterocycles. The van der Waals surface area contributed by atoms with Crippen LogP contribution in [0.3, 0.4) is 0 Å². The highest BCUT2D eigenvalue weighted by Gasteiger charge is 2.60. The normalized spacial score (nSPS) is 41.4. The Morgan fingerprint density at radius 1 is 0.968 bits per heavy atom. The van der Waals surface area contributed by atoms with E-state index in [4.69, 9.17) is 9.47 Å². The summed E-state index contributed by atoms with van der Waals surface area (Å²) in [6.07, 6.45) is 12.6. The molecular weight excluding hydrogens is 384 g/mol. The average molecular weight is 423 g/mol. The number of ether oxygens (including phenoxy) is 2. The predicted molar refractivity (Wildman–Crippen MR) is 124 cm³/mol. The molecule has 0 radical (unpaired) electrons. The average Bonchev–Trinajstić information content (AvgIpc) is 3.09. The summed E-state index contributed by atoms with van der Waals surface area (Å²) in [6.45, 7) is 6.59. The van der Waals surface area contributed by atoms with Gasteiger partial charge in [-0.05, 0) is 104 Å². The largest absolute Gasteiger partial charge is 0.497 e. The van der Waals surface area contributed by atoms with Crippen LogP contribution in [0.15, 0.2) is 30.3 Å². The topological polar surface area (TPSA) is 35.5 Å². The molecule has 3 saturated carbocycles. The van der Waals surface area contributed by atoms with Crippen molar-refractivity contribution in [1.82, 2.24) is 0 Å². The van der Waals surface area contributed by atoms with E-state index in [2.05, 4.69) is 44.2 Å². The smallest absolute Gasteiger partial charge is 0.302 e. The summed E-state index contributed by atoms with van der Waals surface area (Å²) in [5.74, 6) is 3.95. The van der Waals surface area contributed by atoms with Crippen molar-refractivity contribution < 1.29 is 14.3 Å². The first-order valence-electron chi connectivity index (χ1n) is 12.4. The summed E-state index contributed by atoms with van der Waals surface area (Å²) < 4.78 is 11.2. The van der Waals surface area contributed by atoms with Gasteiger partial charge in [-0.25, -0.2) is 0 Å². The van der Waals surface area contributed by atoms with Crippen molar-refractivity contribution in [2.24, 2.45) is 34.5 Å². The number of carbonyl (C=O) groups is 1. The van der Waals surface area contributed by atoms with Crippen molar-refractivity contribution in [3.8, 4) is 5.75 Å². The summed E-state index contributed by atoms with van der Waals surface area (Å²) in [4.78, 5) is 11.7. The molecule has 0 bridgehead atoms. The molecule has 0 aromatic heterocycles. The molecule has 3 unspecified atom stereocenters. The van der Waals surface area contributed by atoms with Crippen LogP contribution in [0.25, 0.3) is 5.57 Å². The zero-order valence-corrected chi connectivity index (χ0v) is 19.7. The highest BCUT2D eigenvalue weighted by atomic mass is 16.5. The molecule has 3 nitrogen and oxygen atoms in total. The van der Waals surface area contributed by atoms with Gasteiger partial charge in [0.1, 0.15) is 11.9 Å². The molecule has 0 amide bonds. The lowest BCUT2D eigenvalue weighted by Gasteiger charge is -2.60. The molecular formula is C28H38O3. The van der Waals surface area contributed by atoms with Gasteiger partial charge in [0, 0.05) is 12.3 Å². The number of fused-ring (bicyclic) bond motifs is 5. The van der Waals surface area contributed by atoms with E-state index >= 15 is 0 Å². The summed E-state index contributed by atoms with van der Waals surface area (Å²) >= 11 is 0. The van der Waals surface area contributed by atoms with Gasteiger partial charge in [-0.1, -0.05) is 32.1 Å². The Morgan fingerprint density at radius 2 is 1.71 bits per heavy atom. The lowest BCUT2D eigenvalue weighted by molar-refractivity contribution is -0.159. The monoisotopic (exact) mass is 422 g/mol. The van der Waals surface area contributed by atoms with Crippen molar-refractivity contribution in [2.75, 3.05) is 7.11 Å². The minimum absolute atomic E-state index is 0.104. The van der Waals surface area contributed by atoms with Gasteiger partial charge in [-0.15, -0.1) is 0 Å². The number of esters is 1. The van der Waals surface area contributed by atoms with Crippen LogP contribution in [0.5, 0.6) is 5.75 Å². The van der Waals surface area contributed by atoms with E-state index in [9.17, 15) is 4.79 Å². The molecule has 4 aliphatic rings. The van der Waals surface area contributed by atoms with Gasteiger partial charge in [-0.2, -0.15) is 0 Å². The Hall–Kier alpha value is -1.77. The molecule has 0 N–H and O–H groups in total. The van der Waals surface area contributed by atoms with Crippen LogP contribution < -0.4 is 4.74 Å². The molecule has 5 rings (SSSR count). The van der Waals surface area contributed by atoms with Crippen molar-refractivity contribution in [1.29, 1.82) is 0 Å². The first kappa shape index (κ1) is 21.1. The summed E-state index contributed by atoms with van der Waals surface area (Å²) in [6, 6.07) is 8.61. The number of methoxy groups -OCH3 is 1. The highest BCUT2D eigenvalue weighted by molar-refractivity contribution is 5.67. The predicted octanol–water partition coefficient (Wildman–Crippen LogP) is 6.66. The van der Waals surface area contributed by atoms with Gasteiger partial charge in [0.15, 0.2) is 0 Å². The van der Waals surface area contributed by atoms with Crippen LogP contribution >= 0.6 is 0 Å².